The molecule has 1 unspecified atom stereocenters. The van der Waals surface area contributed by atoms with E-state index < -0.39 is 17.9 Å². The average Bonchev–Trinajstić information content (AvgIpc) is 3.01. The third-order valence-electron chi connectivity index (χ3n) is 2.93. The first-order valence-corrected chi connectivity index (χ1v) is 7.32. The Morgan fingerprint density at radius 3 is 2.62 bits per heavy atom. The summed E-state index contributed by atoms with van der Waals surface area (Å²) >= 11 is 1.39. The molecule has 21 heavy (non-hydrogen) atoms. The van der Waals surface area contributed by atoms with Crippen molar-refractivity contribution in [2.45, 2.75) is 13.0 Å². The highest BCUT2D eigenvalue weighted by Gasteiger charge is 2.16. The van der Waals surface area contributed by atoms with E-state index in [1.807, 2.05) is 30.5 Å². The van der Waals surface area contributed by atoms with Gasteiger partial charge < -0.3 is 15.7 Å². The van der Waals surface area contributed by atoms with E-state index >= 15 is 0 Å². The van der Waals surface area contributed by atoms with Gasteiger partial charge in [0, 0.05) is 17.1 Å². The van der Waals surface area contributed by atoms with Crippen LogP contribution in [-0.2, 0) is 9.59 Å². The Morgan fingerprint density at radius 1 is 1.19 bits per heavy atom. The summed E-state index contributed by atoms with van der Waals surface area (Å²) in [5.41, 5.74) is 1.47. The van der Waals surface area contributed by atoms with Crippen molar-refractivity contribution in [1.82, 2.24) is 5.32 Å². The second-order valence-electron chi connectivity index (χ2n) is 4.51. The molecule has 6 heteroatoms. The van der Waals surface area contributed by atoms with Gasteiger partial charge in [0.15, 0.2) is 0 Å². The molecular formula is C15H16N2O3S. The minimum absolute atomic E-state index is 0.000534. The van der Waals surface area contributed by atoms with Crippen molar-refractivity contribution in [3.63, 3.8) is 0 Å². The minimum Gasteiger partial charge on any atom is -0.386 e. The Kier molecular flexibility index (Phi) is 5.08. The highest BCUT2D eigenvalue weighted by atomic mass is 32.1. The van der Waals surface area contributed by atoms with Crippen LogP contribution < -0.4 is 10.6 Å². The maximum absolute atomic E-state index is 11.8. The van der Waals surface area contributed by atoms with Gasteiger partial charge in [-0.2, -0.15) is 0 Å². The van der Waals surface area contributed by atoms with Crippen molar-refractivity contribution in [3.8, 4) is 0 Å². The monoisotopic (exact) mass is 304 g/mol. The summed E-state index contributed by atoms with van der Waals surface area (Å²) in [6.07, 6.45) is -0.805. The summed E-state index contributed by atoms with van der Waals surface area (Å²) in [5, 5.41) is 16.6. The number of carbonyl (C=O) groups is 2. The highest BCUT2D eigenvalue weighted by Crippen LogP contribution is 2.17. The van der Waals surface area contributed by atoms with Crippen molar-refractivity contribution >= 4 is 28.8 Å². The van der Waals surface area contributed by atoms with Crippen LogP contribution in [-0.4, -0.2) is 23.5 Å². The molecular weight excluding hydrogens is 288 g/mol. The normalized spacial score (nSPS) is 11.7. The van der Waals surface area contributed by atoms with Gasteiger partial charge in [0.1, 0.15) is 6.10 Å². The van der Waals surface area contributed by atoms with E-state index in [1.54, 1.807) is 18.2 Å². The van der Waals surface area contributed by atoms with Gasteiger partial charge in [0.05, 0.1) is 0 Å². The van der Waals surface area contributed by atoms with Crippen LogP contribution in [0.1, 0.15) is 16.5 Å². The molecule has 0 aliphatic rings. The fourth-order valence-electron chi connectivity index (χ4n) is 1.74. The summed E-state index contributed by atoms with van der Waals surface area (Å²) in [5.74, 6) is -1.52. The number of aliphatic hydroxyl groups excluding tert-OH is 1. The number of para-hydroxylation sites is 1. The highest BCUT2D eigenvalue weighted by molar-refractivity contribution is 7.10. The Hall–Kier alpha value is -2.18. The Morgan fingerprint density at radius 2 is 1.95 bits per heavy atom. The van der Waals surface area contributed by atoms with Gasteiger partial charge in [0.2, 0.25) is 0 Å². The van der Waals surface area contributed by atoms with Crippen LogP contribution >= 0.6 is 11.3 Å². The fraction of sp³-hybridized carbons (Fsp3) is 0.200. The number of aryl methyl sites for hydroxylation is 1. The molecule has 1 aromatic heterocycles. The molecule has 2 amide bonds. The molecule has 0 fully saturated rings. The maximum Gasteiger partial charge on any atom is 0.313 e. The predicted molar refractivity (Wildman–Crippen MR) is 82.1 cm³/mol. The Balaban J connectivity index is 1.86. The molecule has 2 aromatic rings. The molecule has 0 radical (unpaired) electrons. The van der Waals surface area contributed by atoms with Crippen LogP contribution in [0.15, 0.2) is 41.8 Å². The smallest absolute Gasteiger partial charge is 0.313 e. The fourth-order valence-corrected chi connectivity index (χ4v) is 2.46. The Bertz CT molecular complexity index is 626. The summed E-state index contributed by atoms with van der Waals surface area (Å²) in [7, 11) is 0. The molecule has 0 aliphatic carbocycles. The third kappa shape index (κ3) is 4.14. The number of hydrogen-bond donors (Lipinski definition) is 3. The number of aliphatic hydroxyl groups is 1. The van der Waals surface area contributed by atoms with Gasteiger partial charge in [-0.05, 0) is 30.0 Å². The van der Waals surface area contributed by atoms with E-state index in [2.05, 4.69) is 10.6 Å². The van der Waals surface area contributed by atoms with E-state index in [-0.39, 0.29) is 6.54 Å². The molecule has 0 saturated carbocycles. The summed E-state index contributed by atoms with van der Waals surface area (Å²) in [4.78, 5) is 24.2. The van der Waals surface area contributed by atoms with Crippen LogP contribution in [0.25, 0.3) is 0 Å². The van der Waals surface area contributed by atoms with Crippen molar-refractivity contribution in [1.29, 1.82) is 0 Å². The van der Waals surface area contributed by atoms with E-state index in [4.69, 9.17) is 0 Å². The largest absolute Gasteiger partial charge is 0.386 e. The number of hydrogen-bond acceptors (Lipinski definition) is 4. The van der Waals surface area contributed by atoms with Crippen LogP contribution in [0.5, 0.6) is 0 Å². The van der Waals surface area contributed by atoms with E-state index in [0.29, 0.717) is 5.69 Å². The van der Waals surface area contributed by atoms with E-state index in [0.717, 1.165) is 10.4 Å². The molecule has 0 bridgehead atoms. The van der Waals surface area contributed by atoms with E-state index in [1.165, 1.54) is 11.3 Å². The maximum atomic E-state index is 11.8. The lowest BCUT2D eigenvalue weighted by atomic mass is 10.2. The second kappa shape index (κ2) is 7.01. The first-order valence-electron chi connectivity index (χ1n) is 6.44. The number of anilines is 1. The van der Waals surface area contributed by atoms with Crippen molar-refractivity contribution < 1.29 is 14.7 Å². The first-order chi connectivity index (χ1) is 10.1. The molecule has 1 heterocycles. The second-order valence-corrected chi connectivity index (χ2v) is 5.49. The van der Waals surface area contributed by atoms with Gasteiger partial charge in [-0.15, -0.1) is 11.3 Å². The summed E-state index contributed by atoms with van der Waals surface area (Å²) in [6.45, 7) is 1.84. The van der Waals surface area contributed by atoms with Gasteiger partial charge in [-0.1, -0.05) is 24.3 Å². The zero-order valence-electron chi connectivity index (χ0n) is 11.5. The quantitative estimate of drug-likeness (QED) is 0.754. The van der Waals surface area contributed by atoms with Crippen LogP contribution in [0, 0.1) is 6.92 Å². The molecule has 2 rings (SSSR count). The zero-order valence-corrected chi connectivity index (χ0v) is 12.3. The van der Waals surface area contributed by atoms with Crippen LogP contribution in [0.3, 0.4) is 0 Å². The summed E-state index contributed by atoms with van der Waals surface area (Å²) in [6, 6.07) is 10.8. The van der Waals surface area contributed by atoms with E-state index in [9.17, 15) is 14.7 Å². The third-order valence-corrected chi connectivity index (χ3v) is 3.90. The van der Waals surface area contributed by atoms with Crippen molar-refractivity contribution in [2.75, 3.05) is 11.9 Å². The Labute approximate surface area is 126 Å². The molecule has 0 aliphatic heterocycles. The molecule has 110 valence electrons. The number of nitrogens with one attached hydrogen (secondary N) is 2. The predicted octanol–water partition coefficient (Wildman–Crippen LogP) is 1.84. The lowest BCUT2D eigenvalue weighted by Gasteiger charge is -2.11. The van der Waals surface area contributed by atoms with Gasteiger partial charge >= 0.3 is 11.8 Å². The number of rotatable bonds is 4. The molecule has 1 atom stereocenters. The molecule has 0 saturated heterocycles. The topological polar surface area (TPSA) is 78.4 Å². The molecule has 1 aromatic carbocycles. The minimum atomic E-state index is -0.805. The number of amides is 2. The van der Waals surface area contributed by atoms with Crippen molar-refractivity contribution in [3.05, 3.63) is 52.2 Å². The molecule has 0 spiro atoms. The number of benzene rings is 1. The average molecular weight is 304 g/mol. The lowest BCUT2D eigenvalue weighted by molar-refractivity contribution is -0.136. The van der Waals surface area contributed by atoms with Crippen molar-refractivity contribution in [2.24, 2.45) is 0 Å². The molecule has 3 N–H and O–H groups in total. The number of carbonyl (C=O) groups excluding carboxylic acids is 2. The molecule has 5 nitrogen and oxygen atoms in total. The SMILES string of the molecule is Cc1ccccc1NC(=O)C(=O)NCC(O)c1cccs1. The first kappa shape index (κ1) is 15.2. The van der Waals surface area contributed by atoms with Gasteiger partial charge in [0.25, 0.3) is 0 Å². The van der Waals surface area contributed by atoms with Crippen LogP contribution in [0.2, 0.25) is 0 Å². The zero-order chi connectivity index (χ0) is 15.2. The van der Waals surface area contributed by atoms with Crippen LogP contribution in [0.4, 0.5) is 5.69 Å². The number of thiophene rings is 1. The summed E-state index contributed by atoms with van der Waals surface area (Å²) < 4.78 is 0. The van der Waals surface area contributed by atoms with Gasteiger partial charge in [-0.3, -0.25) is 9.59 Å². The standard InChI is InChI=1S/C15H16N2O3S/c1-10-5-2-3-6-11(10)17-15(20)14(19)16-9-12(18)13-7-4-8-21-13/h2-8,12,18H,9H2,1H3,(H,16,19)(H,17,20). The van der Waals surface area contributed by atoms with Gasteiger partial charge in [-0.25, -0.2) is 0 Å². The lowest BCUT2D eigenvalue weighted by Crippen LogP contribution is -2.37.